The van der Waals surface area contributed by atoms with Crippen molar-refractivity contribution in [2.24, 2.45) is 0 Å². The van der Waals surface area contributed by atoms with E-state index in [2.05, 4.69) is 4.98 Å². The molecule has 6 heteroatoms. The highest BCUT2D eigenvalue weighted by Gasteiger charge is 2.17. The molecule has 0 N–H and O–H groups in total. The van der Waals surface area contributed by atoms with Crippen molar-refractivity contribution in [3.63, 3.8) is 0 Å². The summed E-state index contributed by atoms with van der Waals surface area (Å²) in [5.41, 5.74) is -0.292. The molecular weight excluding hydrogens is 174 g/mol. The first-order valence-electron chi connectivity index (χ1n) is 3.76. The van der Waals surface area contributed by atoms with Gasteiger partial charge in [0, 0.05) is 0 Å². The van der Waals surface area contributed by atoms with E-state index in [0.29, 0.717) is 4.73 Å². The van der Waals surface area contributed by atoms with E-state index in [0.717, 1.165) is 12.4 Å². The van der Waals surface area contributed by atoms with Gasteiger partial charge < -0.3 is 5.21 Å². The van der Waals surface area contributed by atoms with E-state index < -0.39 is 4.92 Å². The summed E-state index contributed by atoms with van der Waals surface area (Å²) in [5, 5.41) is 21.4. The van der Waals surface area contributed by atoms with Crippen LogP contribution < -0.4 is 4.73 Å². The van der Waals surface area contributed by atoms with Gasteiger partial charge in [0.1, 0.15) is 0 Å². The smallest absolute Gasteiger partial charge is 0.351 e. The Morgan fingerprint density at radius 2 is 2.23 bits per heavy atom. The van der Waals surface area contributed by atoms with Crippen molar-refractivity contribution in [2.75, 3.05) is 0 Å². The monoisotopic (exact) mass is 183 g/mol. The highest BCUT2D eigenvalue weighted by molar-refractivity contribution is 5.18. The van der Waals surface area contributed by atoms with Crippen LogP contribution in [0.1, 0.15) is 25.6 Å². The molecule has 1 heterocycles. The fraction of sp³-hybridized carbons (Fsp3) is 0.429. The maximum absolute atomic E-state index is 11.1. The van der Waals surface area contributed by atoms with Gasteiger partial charge in [0.25, 0.3) is 0 Å². The molecule has 0 aliphatic heterocycles. The molecule has 0 aromatic carbocycles. The van der Waals surface area contributed by atoms with Gasteiger partial charge in [-0.15, -0.1) is 0 Å². The first-order chi connectivity index (χ1) is 6.02. The topological polar surface area (TPSA) is 83.0 Å². The van der Waals surface area contributed by atoms with Gasteiger partial charge >= 0.3 is 11.5 Å². The van der Waals surface area contributed by atoms with Gasteiger partial charge in [-0.3, -0.25) is 10.1 Å². The van der Waals surface area contributed by atoms with Gasteiger partial charge in [-0.05, 0) is 4.98 Å². The molecule has 1 aromatic rings. The predicted molar refractivity (Wildman–Crippen MR) is 43.9 cm³/mol. The van der Waals surface area contributed by atoms with Gasteiger partial charge in [0.2, 0.25) is 6.20 Å². The second-order valence-corrected chi connectivity index (χ2v) is 2.91. The molecule has 6 nitrogen and oxygen atoms in total. The Morgan fingerprint density at radius 1 is 1.62 bits per heavy atom. The van der Waals surface area contributed by atoms with Crippen LogP contribution in [-0.2, 0) is 0 Å². The Balaban J connectivity index is 3.13. The molecule has 0 spiro atoms. The second-order valence-electron chi connectivity index (χ2n) is 2.91. The lowest BCUT2D eigenvalue weighted by atomic mass is 10.2. The van der Waals surface area contributed by atoms with Crippen LogP contribution in [0.3, 0.4) is 0 Å². The molecule has 0 bridgehead atoms. The number of hydrogen-bond acceptors (Lipinski definition) is 4. The zero-order valence-corrected chi connectivity index (χ0v) is 7.30. The van der Waals surface area contributed by atoms with Crippen LogP contribution in [0.2, 0.25) is 0 Å². The van der Waals surface area contributed by atoms with E-state index in [1.165, 1.54) is 0 Å². The van der Waals surface area contributed by atoms with E-state index in [-0.39, 0.29) is 17.4 Å². The van der Waals surface area contributed by atoms with Crippen LogP contribution in [-0.4, -0.2) is 9.91 Å². The zero-order valence-electron chi connectivity index (χ0n) is 7.30. The molecular formula is C7H9N3O3. The molecule has 0 aliphatic rings. The number of aromatic nitrogens is 2. The molecule has 0 aliphatic carbocycles. The summed E-state index contributed by atoms with van der Waals surface area (Å²) in [7, 11) is 0. The molecule has 0 unspecified atom stereocenters. The van der Waals surface area contributed by atoms with Gasteiger partial charge in [0.05, 0.1) is 10.8 Å². The van der Waals surface area contributed by atoms with E-state index in [9.17, 15) is 15.3 Å². The molecule has 1 aromatic heterocycles. The molecule has 70 valence electrons. The lowest BCUT2D eigenvalue weighted by molar-refractivity contribution is -0.623. The lowest BCUT2D eigenvalue weighted by Crippen LogP contribution is -2.33. The largest absolute Gasteiger partial charge is 0.711 e. The van der Waals surface area contributed by atoms with Crippen molar-refractivity contribution in [1.29, 1.82) is 0 Å². The van der Waals surface area contributed by atoms with Crippen molar-refractivity contribution < 1.29 is 9.65 Å². The summed E-state index contributed by atoms with van der Waals surface area (Å²) in [6.07, 6.45) is 2.01. The highest BCUT2D eigenvalue weighted by atomic mass is 16.6. The summed E-state index contributed by atoms with van der Waals surface area (Å²) >= 11 is 0. The third kappa shape index (κ3) is 1.90. The summed E-state index contributed by atoms with van der Waals surface area (Å²) in [6.45, 7) is 3.59. The predicted octanol–water partition coefficient (Wildman–Crippen LogP) is 0.747. The van der Waals surface area contributed by atoms with E-state index >= 15 is 0 Å². The first-order valence-corrected chi connectivity index (χ1v) is 3.76. The van der Waals surface area contributed by atoms with Crippen molar-refractivity contribution in [2.45, 2.75) is 19.8 Å². The minimum absolute atomic E-state index is 0.0432. The lowest BCUT2D eigenvalue weighted by Gasteiger charge is -2.06. The first kappa shape index (κ1) is 9.37. The molecule has 0 saturated heterocycles. The normalized spacial score (nSPS) is 10.4. The minimum Gasteiger partial charge on any atom is -0.711 e. The number of nitrogens with zero attached hydrogens (tertiary/aromatic N) is 3. The number of nitro groups is 1. The Kier molecular flexibility index (Phi) is 2.41. The fourth-order valence-corrected chi connectivity index (χ4v) is 0.907. The average Bonchev–Trinajstić information content (AvgIpc) is 2.03. The Labute approximate surface area is 74.6 Å². The molecule has 0 amide bonds. The van der Waals surface area contributed by atoms with Crippen LogP contribution in [0.15, 0.2) is 12.4 Å². The zero-order chi connectivity index (χ0) is 10.0. The molecule has 1 rings (SSSR count). The minimum atomic E-state index is -0.647. The quantitative estimate of drug-likeness (QED) is 0.293. The van der Waals surface area contributed by atoms with Crippen LogP contribution in [0.25, 0.3) is 0 Å². The third-order valence-corrected chi connectivity index (χ3v) is 1.53. The van der Waals surface area contributed by atoms with Crippen LogP contribution in [0, 0.1) is 15.3 Å². The van der Waals surface area contributed by atoms with Gasteiger partial charge in [-0.25, -0.2) is 4.73 Å². The maximum Gasteiger partial charge on any atom is 0.351 e. The van der Waals surface area contributed by atoms with Crippen LogP contribution in [0.5, 0.6) is 0 Å². The SMILES string of the molecule is CC(C)c1ncc([N+](=O)[O-])c[n+]1[O-]. The highest BCUT2D eigenvalue weighted by Crippen LogP contribution is 2.09. The van der Waals surface area contributed by atoms with Gasteiger partial charge in [-0.2, -0.15) is 0 Å². The second kappa shape index (κ2) is 3.34. The van der Waals surface area contributed by atoms with Gasteiger partial charge in [0.15, 0.2) is 6.20 Å². The van der Waals surface area contributed by atoms with Crippen molar-refractivity contribution >= 4 is 5.69 Å². The molecule has 0 radical (unpaired) electrons. The third-order valence-electron chi connectivity index (χ3n) is 1.53. The standard InChI is InChI=1S/C7H9N3O3/c1-5(2)7-8-3-6(10(12)13)4-9(7)11/h3-5H,1-2H3. The van der Waals surface area contributed by atoms with Crippen molar-refractivity contribution in [1.82, 2.24) is 4.98 Å². The van der Waals surface area contributed by atoms with E-state index in [4.69, 9.17) is 0 Å². The summed E-state index contributed by atoms with van der Waals surface area (Å²) in [5.74, 6) is 0.240. The summed E-state index contributed by atoms with van der Waals surface area (Å²) < 4.78 is 0.433. The average molecular weight is 183 g/mol. The van der Waals surface area contributed by atoms with Crippen LogP contribution >= 0.6 is 0 Å². The fourth-order valence-electron chi connectivity index (χ4n) is 0.907. The van der Waals surface area contributed by atoms with Gasteiger partial charge in [-0.1, -0.05) is 13.8 Å². The molecule has 0 fully saturated rings. The number of hydrogen-bond donors (Lipinski definition) is 0. The maximum atomic E-state index is 11.1. The van der Waals surface area contributed by atoms with Crippen molar-refractivity contribution in [3.05, 3.63) is 33.5 Å². The van der Waals surface area contributed by atoms with E-state index in [1.54, 1.807) is 13.8 Å². The van der Waals surface area contributed by atoms with Crippen LogP contribution in [0.4, 0.5) is 5.69 Å². The molecule has 0 atom stereocenters. The molecule has 13 heavy (non-hydrogen) atoms. The van der Waals surface area contributed by atoms with Crippen molar-refractivity contribution in [3.8, 4) is 0 Å². The Bertz CT molecular complexity index is 338. The Morgan fingerprint density at radius 3 is 2.62 bits per heavy atom. The summed E-state index contributed by atoms with van der Waals surface area (Å²) in [4.78, 5) is 13.3. The Hall–Kier alpha value is -1.72. The number of rotatable bonds is 2. The summed E-state index contributed by atoms with van der Waals surface area (Å²) in [6, 6.07) is 0. The van der Waals surface area contributed by atoms with E-state index in [1.807, 2.05) is 0 Å². The molecule has 0 saturated carbocycles.